The van der Waals surface area contributed by atoms with E-state index < -0.39 is 0 Å². The van der Waals surface area contributed by atoms with Gasteiger partial charge in [-0.1, -0.05) is 19.1 Å². The molecule has 1 aliphatic carbocycles. The molecule has 2 nitrogen and oxygen atoms in total. The SMILES string of the molecule is CCC(CC(C)Cl)NC1CCc2cccc(OC)c2C1.Cl. The molecule has 3 unspecified atom stereocenters. The summed E-state index contributed by atoms with van der Waals surface area (Å²) >= 11 is 6.14. The van der Waals surface area contributed by atoms with Gasteiger partial charge >= 0.3 is 0 Å². The Hall–Kier alpha value is -0.440. The van der Waals surface area contributed by atoms with Gasteiger partial charge in [0, 0.05) is 17.5 Å². The highest BCUT2D eigenvalue weighted by molar-refractivity contribution is 6.20. The van der Waals surface area contributed by atoms with Crippen molar-refractivity contribution in [3.63, 3.8) is 0 Å². The lowest BCUT2D eigenvalue weighted by Crippen LogP contribution is -2.42. The van der Waals surface area contributed by atoms with Crippen molar-refractivity contribution in [1.82, 2.24) is 5.32 Å². The number of hydrogen-bond acceptors (Lipinski definition) is 2. The largest absolute Gasteiger partial charge is 0.496 e. The predicted molar refractivity (Wildman–Crippen MR) is 93.2 cm³/mol. The van der Waals surface area contributed by atoms with Gasteiger partial charge in [-0.2, -0.15) is 0 Å². The topological polar surface area (TPSA) is 21.3 Å². The maximum absolute atomic E-state index is 6.14. The predicted octanol–water partition coefficient (Wildman–Crippen LogP) is 4.36. The van der Waals surface area contributed by atoms with Crippen molar-refractivity contribution in [3.8, 4) is 5.75 Å². The second-order valence-corrected chi connectivity index (χ2v) is 6.57. The van der Waals surface area contributed by atoms with E-state index >= 15 is 0 Å². The molecule has 21 heavy (non-hydrogen) atoms. The number of halogens is 2. The highest BCUT2D eigenvalue weighted by Gasteiger charge is 2.23. The van der Waals surface area contributed by atoms with E-state index in [2.05, 4.69) is 37.4 Å². The molecule has 0 fully saturated rings. The number of alkyl halides is 1. The van der Waals surface area contributed by atoms with Crippen LogP contribution in [0.15, 0.2) is 18.2 Å². The lowest BCUT2D eigenvalue weighted by Gasteiger charge is -2.30. The molecule has 0 saturated carbocycles. The van der Waals surface area contributed by atoms with E-state index in [9.17, 15) is 0 Å². The molecule has 0 spiro atoms. The summed E-state index contributed by atoms with van der Waals surface area (Å²) in [6, 6.07) is 7.45. The van der Waals surface area contributed by atoms with Crippen molar-refractivity contribution in [2.45, 2.75) is 63.4 Å². The summed E-state index contributed by atoms with van der Waals surface area (Å²) in [5.74, 6) is 1.03. The van der Waals surface area contributed by atoms with E-state index in [1.54, 1.807) is 7.11 Å². The normalized spacial score (nSPS) is 20.1. The van der Waals surface area contributed by atoms with E-state index in [4.69, 9.17) is 16.3 Å². The molecule has 2 rings (SSSR count). The van der Waals surface area contributed by atoms with Crippen LogP contribution in [0.4, 0.5) is 0 Å². The molecule has 1 aromatic carbocycles. The lowest BCUT2D eigenvalue weighted by molar-refractivity contribution is 0.358. The molecule has 0 bridgehead atoms. The number of hydrogen-bond donors (Lipinski definition) is 1. The lowest BCUT2D eigenvalue weighted by atomic mass is 9.87. The molecule has 0 aromatic heterocycles. The van der Waals surface area contributed by atoms with Gasteiger partial charge in [0.25, 0.3) is 0 Å². The van der Waals surface area contributed by atoms with Crippen LogP contribution in [0.1, 0.15) is 44.2 Å². The van der Waals surface area contributed by atoms with E-state index in [0.717, 1.165) is 31.4 Å². The van der Waals surface area contributed by atoms with Crippen LogP contribution in [0.25, 0.3) is 0 Å². The number of methoxy groups -OCH3 is 1. The molecule has 0 radical (unpaired) electrons. The number of rotatable bonds is 6. The van der Waals surface area contributed by atoms with Gasteiger partial charge in [-0.25, -0.2) is 0 Å². The summed E-state index contributed by atoms with van der Waals surface area (Å²) in [5.41, 5.74) is 2.83. The molecule has 1 aliphatic rings. The van der Waals surface area contributed by atoms with Gasteiger partial charge in [0.2, 0.25) is 0 Å². The first kappa shape index (κ1) is 18.6. The van der Waals surface area contributed by atoms with Crippen LogP contribution < -0.4 is 10.1 Å². The fraction of sp³-hybridized carbons (Fsp3) is 0.647. The van der Waals surface area contributed by atoms with Gasteiger partial charge in [-0.05, 0) is 56.2 Å². The van der Waals surface area contributed by atoms with Crippen molar-refractivity contribution in [3.05, 3.63) is 29.3 Å². The molecule has 1 N–H and O–H groups in total. The molecule has 4 heteroatoms. The molecule has 120 valence electrons. The van der Waals surface area contributed by atoms with E-state index in [1.807, 2.05) is 0 Å². The van der Waals surface area contributed by atoms with Gasteiger partial charge in [0.05, 0.1) is 7.11 Å². The van der Waals surface area contributed by atoms with Crippen LogP contribution in [-0.2, 0) is 12.8 Å². The summed E-state index contributed by atoms with van der Waals surface area (Å²) < 4.78 is 5.51. The fourth-order valence-corrected chi connectivity index (χ4v) is 3.38. The summed E-state index contributed by atoms with van der Waals surface area (Å²) in [4.78, 5) is 0. The number of ether oxygens (including phenoxy) is 1. The van der Waals surface area contributed by atoms with Gasteiger partial charge in [0.15, 0.2) is 0 Å². The fourth-order valence-electron chi connectivity index (χ4n) is 3.17. The van der Waals surface area contributed by atoms with E-state index in [1.165, 1.54) is 17.5 Å². The third-order valence-electron chi connectivity index (χ3n) is 4.24. The zero-order chi connectivity index (χ0) is 14.5. The van der Waals surface area contributed by atoms with Gasteiger partial charge in [-0.3, -0.25) is 0 Å². The van der Waals surface area contributed by atoms with E-state index in [0.29, 0.717) is 12.1 Å². The molecule has 1 aromatic rings. The highest BCUT2D eigenvalue weighted by atomic mass is 35.5. The van der Waals surface area contributed by atoms with Crippen LogP contribution in [0.3, 0.4) is 0 Å². The summed E-state index contributed by atoms with van der Waals surface area (Å²) in [6.45, 7) is 4.30. The first-order valence-electron chi connectivity index (χ1n) is 7.68. The van der Waals surface area contributed by atoms with Crippen LogP contribution in [-0.4, -0.2) is 24.6 Å². The Morgan fingerprint density at radius 2 is 2.19 bits per heavy atom. The quantitative estimate of drug-likeness (QED) is 0.782. The average molecular weight is 332 g/mol. The summed E-state index contributed by atoms with van der Waals surface area (Å²) in [5, 5.41) is 4.02. The third-order valence-corrected chi connectivity index (χ3v) is 4.41. The van der Waals surface area contributed by atoms with Crippen LogP contribution >= 0.6 is 24.0 Å². The highest BCUT2D eigenvalue weighted by Crippen LogP contribution is 2.30. The second-order valence-electron chi connectivity index (χ2n) is 5.83. The molecule has 0 heterocycles. The minimum Gasteiger partial charge on any atom is -0.496 e. The Morgan fingerprint density at radius 3 is 2.81 bits per heavy atom. The van der Waals surface area contributed by atoms with Gasteiger partial charge < -0.3 is 10.1 Å². The Morgan fingerprint density at radius 1 is 1.43 bits per heavy atom. The molecule has 0 amide bonds. The zero-order valence-electron chi connectivity index (χ0n) is 13.2. The second kappa shape index (κ2) is 8.87. The number of fused-ring (bicyclic) bond motifs is 1. The Bertz CT molecular complexity index is 423. The van der Waals surface area contributed by atoms with Crippen molar-refractivity contribution in [2.75, 3.05) is 7.11 Å². The minimum absolute atomic E-state index is 0. The summed E-state index contributed by atoms with van der Waals surface area (Å²) in [7, 11) is 1.76. The molecular weight excluding hydrogens is 305 g/mol. The Balaban J connectivity index is 0.00000220. The minimum atomic E-state index is 0. The number of benzene rings is 1. The first-order chi connectivity index (χ1) is 9.63. The monoisotopic (exact) mass is 331 g/mol. The van der Waals surface area contributed by atoms with Crippen LogP contribution in [0, 0.1) is 0 Å². The molecule has 3 atom stereocenters. The number of nitrogens with one attached hydrogen (secondary N) is 1. The molecule has 0 aliphatic heterocycles. The Labute approximate surface area is 140 Å². The van der Waals surface area contributed by atoms with Crippen molar-refractivity contribution in [1.29, 1.82) is 0 Å². The van der Waals surface area contributed by atoms with E-state index in [-0.39, 0.29) is 17.8 Å². The zero-order valence-corrected chi connectivity index (χ0v) is 14.8. The number of aryl methyl sites for hydroxylation is 1. The smallest absolute Gasteiger partial charge is 0.122 e. The standard InChI is InChI=1S/C17H26ClNO.ClH/c1-4-14(10-12(2)18)19-15-9-8-13-6-5-7-17(20-3)16(13)11-15;/h5-7,12,14-15,19H,4,8-11H2,1-3H3;1H. The summed E-state index contributed by atoms with van der Waals surface area (Å²) in [6.07, 6.45) is 5.57. The van der Waals surface area contributed by atoms with Gasteiger partial charge in [-0.15, -0.1) is 24.0 Å². The first-order valence-corrected chi connectivity index (χ1v) is 8.12. The Kier molecular flexibility index (Phi) is 7.86. The third kappa shape index (κ3) is 5.05. The van der Waals surface area contributed by atoms with Crippen molar-refractivity contribution in [2.24, 2.45) is 0 Å². The van der Waals surface area contributed by atoms with Gasteiger partial charge in [0.1, 0.15) is 5.75 Å². The van der Waals surface area contributed by atoms with Crippen molar-refractivity contribution < 1.29 is 4.74 Å². The van der Waals surface area contributed by atoms with Crippen LogP contribution in [0.5, 0.6) is 5.75 Å². The average Bonchev–Trinajstić information content (AvgIpc) is 2.45. The maximum Gasteiger partial charge on any atom is 0.122 e. The van der Waals surface area contributed by atoms with Crippen LogP contribution in [0.2, 0.25) is 0 Å². The van der Waals surface area contributed by atoms with Crippen molar-refractivity contribution >= 4 is 24.0 Å². The molecule has 0 saturated heterocycles. The maximum atomic E-state index is 6.14. The molecular formula is C17H27Cl2NO.